The quantitative estimate of drug-likeness (QED) is 0.588. The van der Waals surface area contributed by atoms with Crippen LogP contribution in [0, 0.1) is 5.92 Å². The molecule has 1 aromatic heterocycles. The zero-order valence-electron chi connectivity index (χ0n) is 11.9. The predicted octanol–water partition coefficient (Wildman–Crippen LogP) is 0.785. The molecule has 1 fully saturated rings. The Morgan fingerprint density at radius 3 is 2.74 bits per heavy atom. The van der Waals surface area contributed by atoms with Gasteiger partial charge in [0.25, 0.3) is 0 Å². The summed E-state index contributed by atoms with van der Waals surface area (Å²) in [6.07, 6.45) is 8.86. The lowest BCUT2D eigenvalue weighted by atomic mass is 9.82. The highest BCUT2D eigenvalue weighted by atomic mass is 16.5. The van der Waals surface area contributed by atoms with Crippen molar-refractivity contribution in [3.05, 3.63) is 12.2 Å². The number of rotatable bonds is 6. The number of aryl methyl sites for hydroxylation is 1. The van der Waals surface area contributed by atoms with E-state index in [-0.39, 0.29) is 12.1 Å². The summed E-state index contributed by atoms with van der Waals surface area (Å²) in [4.78, 5) is 4.27. The van der Waals surface area contributed by atoms with Crippen LogP contribution in [0.5, 0.6) is 0 Å². The van der Waals surface area contributed by atoms with Gasteiger partial charge in [0, 0.05) is 20.6 Å². The summed E-state index contributed by atoms with van der Waals surface area (Å²) in [7, 11) is 3.68. The highest BCUT2D eigenvalue weighted by Gasteiger charge is 2.31. The minimum atomic E-state index is 0.0796. The first-order valence-corrected chi connectivity index (χ1v) is 7.08. The third kappa shape index (κ3) is 3.52. The molecule has 0 aromatic carbocycles. The fourth-order valence-corrected chi connectivity index (χ4v) is 3.12. The molecular weight excluding hydrogens is 242 g/mol. The molecule has 3 N–H and O–H groups in total. The molecule has 1 aromatic rings. The van der Waals surface area contributed by atoms with Crippen molar-refractivity contribution in [2.24, 2.45) is 18.8 Å². The first-order valence-electron chi connectivity index (χ1n) is 7.08. The molecule has 1 heterocycles. The Kier molecular flexibility index (Phi) is 5.30. The highest BCUT2D eigenvalue weighted by molar-refractivity contribution is 4.93. The van der Waals surface area contributed by atoms with E-state index in [9.17, 15) is 0 Å². The van der Waals surface area contributed by atoms with E-state index < -0.39 is 0 Å². The van der Waals surface area contributed by atoms with Crippen molar-refractivity contribution in [2.45, 2.75) is 50.7 Å². The third-order valence-corrected chi connectivity index (χ3v) is 4.20. The topological polar surface area (TPSA) is 78.0 Å². The number of ether oxygens (including phenoxy) is 1. The van der Waals surface area contributed by atoms with Crippen LogP contribution in [-0.2, 0) is 18.2 Å². The maximum Gasteiger partial charge on any atom is 0.138 e. The summed E-state index contributed by atoms with van der Waals surface area (Å²) in [6, 6.07) is 0.0796. The molecule has 6 nitrogen and oxygen atoms in total. The molecule has 0 radical (unpaired) electrons. The van der Waals surface area contributed by atoms with Crippen LogP contribution in [0.1, 0.15) is 37.9 Å². The number of hydrogen-bond donors (Lipinski definition) is 2. The molecule has 6 heteroatoms. The fraction of sp³-hybridized carbons (Fsp3) is 0.846. The number of nitrogens with one attached hydrogen (secondary N) is 1. The standard InChI is InChI=1S/C13H25N5O/c1-18-12(15-9-16-18)8-11(17-14)13(19-2)10-6-4-3-5-7-10/h9-11,13,17H,3-8,14H2,1-2H3. The van der Waals surface area contributed by atoms with Crippen LogP contribution >= 0.6 is 0 Å². The van der Waals surface area contributed by atoms with Crippen molar-refractivity contribution in [3.8, 4) is 0 Å². The second kappa shape index (κ2) is 6.98. The number of hydrazine groups is 1. The summed E-state index contributed by atoms with van der Waals surface area (Å²) in [5, 5.41) is 4.10. The van der Waals surface area contributed by atoms with Gasteiger partial charge in [0.05, 0.1) is 12.1 Å². The van der Waals surface area contributed by atoms with Gasteiger partial charge in [-0.2, -0.15) is 5.10 Å². The van der Waals surface area contributed by atoms with Gasteiger partial charge in [0.2, 0.25) is 0 Å². The van der Waals surface area contributed by atoms with Crippen molar-refractivity contribution in [1.29, 1.82) is 0 Å². The van der Waals surface area contributed by atoms with Gasteiger partial charge in [0.1, 0.15) is 12.2 Å². The van der Waals surface area contributed by atoms with Gasteiger partial charge in [-0.3, -0.25) is 16.0 Å². The maximum absolute atomic E-state index is 5.74. The molecule has 0 spiro atoms. The molecule has 1 aliphatic rings. The maximum atomic E-state index is 5.74. The van der Waals surface area contributed by atoms with Crippen LogP contribution in [0.3, 0.4) is 0 Å². The van der Waals surface area contributed by atoms with Gasteiger partial charge < -0.3 is 4.74 Å². The van der Waals surface area contributed by atoms with Crippen molar-refractivity contribution in [1.82, 2.24) is 20.2 Å². The molecule has 2 unspecified atom stereocenters. The van der Waals surface area contributed by atoms with Gasteiger partial charge in [-0.25, -0.2) is 4.98 Å². The first-order chi connectivity index (χ1) is 9.26. The summed E-state index contributed by atoms with van der Waals surface area (Å²) in [5.41, 5.74) is 2.91. The Morgan fingerprint density at radius 1 is 1.47 bits per heavy atom. The molecule has 108 valence electrons. The summed E-state index contributed by atoms with van der Waals surface area (Å²) < 4.78 is 7.52. The monoisotopic (exact) mass is 267 g/mol. The lowest BCUT2D eigenvalue weighted by Gasteiger charge is -2.34. The molecule has 2 atom stereocenters. The van der Waals surface area contributed by atoms with Crippen LogP contribution in [0.25, 0.3) is 0 Å². The molecule has 0 amide bonds. The van der Waals surface area contributed by atoms with E-state index in [1.54, 1.807) is 18.1 Å². The lowest BCUT2D eigenvalue weighted by molar-refractivity contribution is 0.00762. The van der Waals surface area contributed by atoms with Crippen LogP contribution < -0.4 is 11.3 Å². The molecule has 19 heavy (non-hydrogen) atoms. The minimum Gasteiger partial charge on any atom is -0.379 e. The Morgan fingerprint density at radius 2 is 2.21 bits per heavy atom. The van der Waals surface area contributed by atoms with Crippen molar-refractivity contribution < 1.29 is 4.74 Å². The molecule has 0 bridgehead atoms. The molecule has 2 rings (SSSR count). The van der Waals surface area contributed by atoms with Gasteiger partial charge in [0.15, 0.2) is 0 Å². The minimum absolute atomic E-state index is 0.0796. The summed E-state index contributed by atoms with van der Waals surface area (Å²) >= 11 is 0. The highest BCUT2D eigenvalue weighted by Crippen LogP contribution is 2.29. The van der Waals surface area contributed by atoms with Crippen LogP contribution in [0.15, 0.2) is 6.33 Å². The molecule has 0 saturated heterocycles. The summed E-state index contributed by atoms with van der Waals surface area (Å²) in [6.45, 7) is 0. The lowest BCUT2D eigenvalue weighted by Crippen LogP contribution is -2.50. The predicted molar refractivity (Wildman–Crippen MR) is 73.2 cm³/mol. The average molecular weight is 267 g/mol. The Balaban J connectivity index is 2.03. The van der Waals surface area contributed by atoms with Crippen LogP contribution in [0.2, 0.25) is 0 Å². The molecular formula is C13H25N5O. The second-order valence-electron chi connectivity index (χ2n) is 5.38. The Bertz CT molecular complexity index is 375. The van der Waals surface area contributed by atoms with E-state index in [2.05, 4.69) is 15.5 Å². The van der Waals surface area contributed by atoms with Crippen molar-refractivity contribution >= 4 is 0 Å². The smallest absolute Gasteiger partial charge is 0.138 e. The SMILES string of the molecule is COC(C1CCCCC1)C(Cc1ncnn1C)NN. The van der Waals surface area contributed by atoms with E-state index in [0.717, 1.165) is 12.2 Å². The second-order valence-corrected chi connectivity index (χ2v) is 5.38. The van der Waals surface area contributed by atoms with Gasteiger partial charge >= 0.3 is 0 Å². The largest absolute Gasteiger partial charge is 0.379 e. The number of nitrogens with two attached hydrogens (primary N) is 1. The van der Waals surface area contributed by atoms with Gasteiger partial charge in [-0.05, 0) is 18.8 Å². The van der Waals surface area contributed by atoms with E-state index in [1.165, 1.54) is 32.1 Å². The Labute approximate surface area is 114 Å². The normalized spacial score (nSPS) is 20.4. The number of hydrogen-bond acceptors (Lipinski definition) is 5. The van der Waals surface area contributed by atoms with Gasteiger partial charge in [-0.15, -0.1) is 0 Å². The van der Waals surface area contributed by atoms with E-state index >= 15 is 0 Å². The molecule has 1 saturated carbocycles. The van der Waals surface area contributed by atoms with Crippen LogP contribution in [0.4, 0.5) is 0 Å². The number of aromatic nitrogens is 3. The first kappa shape index (κ1) is 14.4. The molecule has 0 aliphatic heterocycles. The van der Waals surface area contributed by atoms with E-state index in [0.29, 0.717) is 5.92 Å². The van der Waals surface area contributed by atoms with E-state index in [1.807, 2.05) is 7.05 Å². The van der Waals surface area contributed by atoms with Gasteiger partial charge in [-0.1, -0.05) is 19.3 Å². The molecule has 1 aliphatic carbocycles. The van der Waals surface area contributed by atoms with E-state index in [4.69, 9.17) is 10.6 Å². The fourth-order valence-electron chi connectivity index (χ4n) is 3.12. The number of nitrogens with zero attached hydrogens (tertiary/aromatic N) is 3. The van der Waals surface area contributed by atoms with Crippen LogP contribution in [-0.4, -0.2) is 34.0 Å². The van der Waals surface area contributed by atoms with Crippen molar-refractivity contribution in [3.63, 3.8) is 0 Å². The Hall–Kier alpha value is -0.980. The third-order valence-electron chi connectivity index (χ3n) is 4.20. The van der Waals surface area contributed by atoms with Crippen molar-refractivity contribution in [2.75, 3.05) is 7.11 Å². The zero-order valence-corrected chi connectivity index (χ0v) is 11.9. The number of methoxy groups -OCH3 is 1. The average Bonchev–Trinajstić information content (AvgIpc) is 2.85. The summed E-state index contributed by atoms with van der Waals surface area (Å²) in [5.74, 6) is 7.26. The zero-order chi connectivity index (χ0) is 13.7.